The summed E-state index contributed by atoms with van der Waals surface area (Å²) in [6.07, 6.45) is 10.5. The van der Waals surface area contributed by atoms with Gasteiger partial charge in [-0.05, 0) is 43.6 Å². The summed E-state index contributed by atoms with van der Waals surface area (Å²) >= 11 is 0. The van der Waals surface area contributed by atoms with E-state index in [9.17, 15) is 4.79 Å². The first-order chi connectivity index (χ1) is 9.19. The van der Waals surface area contributed by atoms with E-state index in [-0.39, 0.29) is 17.8 Å². The van der Waals surface area contributed by atoms with E-state index >= 15 is 0 Å². The van der Waals surface area contributed by atoms with Crippen LogP contribution in [0, 0.1) is 11.3 Å². The normalized spacial score (nSPS) is 25.9. The molecule has 2 fully saturated rings. The van der Waals surface area contributed by atoms with E-state index in [1.165, 1.54) is 38.5 Å². The monoisotopic (exact) mass is 302 g/mol. The van der Waals surface area contributed by atoms with E-state index < -0.39 is 0 Å². The van der Waals surface area contributed by atoms with Crippen LogP contribution in [0.2, 0.25) is 0 Å². The minimum Gasteiger partial charge on any atom is -0.342 e. The Kier molecular flexibility index (Phi) is 7.32. The Morgan fingerprint density at radius 2 is 1.95 bits per heavy atom. The van der Waals surface area contributed by atoms with Crippen LogP contribution in [0.15, 0.2) is 0 Å². The van der Waals surface area contributed by atoms with Crippen LogP contribution in [0.4, 0.5) is 0 Å². The van der Waals surface area contributed by atoms with Crippen molar-refractivity contribution >= 4 is 18.3 Å². The van der Waals surface area contributed by atoms with Gasteiger partial charge in [-0.1, -0.05) is 32.6 Å². The second kappa shape index (κ2) is 8.23. The zero-order valence-electron chi connectivity index (χ0n) is 12.9. The lowest BCUT2D eigenvalue weighted by Crippen LogP contribution is -2.44. The molecule has 1 aliphatic carbocycles. The average Bonchev–Trinajstić information content (AvgIpc) is 2.48. The Morgan fingerprint density at radius 3 is 2.55 bits per heavy atom. The molecule has 0 radical (unpaired) electrons. The molecule has 1 aliphatic heterocycles. The Balaban J connectivity index is 0.00000200. The van der Waals surface area contributed by atoms with Gasteiger partial charge < -0.3 is 10.6 Å². The quantitative estimate of drug-likeness (QED) is 0.865. The standard InChI is InChI=1S/C16H30N2O.ClH/c1-2-14-7-6-10-18(12-14)15(19)11-16(13-17)8-4-3-5-9-16;/h14H,2-13,17H2,1H3;1H. The van der Waals surface area contributed by atoms with Gasteiger partial charge in [-0.15, -0.1) is 12.4 Å². The van der Waals surface area contributed by atoms with Crippen molar-refractivity contribution in [2.24, 2.45) is 17.1 Å². The van der Waals surface area contributed by atoms with Gasteiger partial charge in [-0.3, -0.25) is 4.79 Å². The van der Waals surface area contributed by atoms with Gasteiger partial charge in [0, 0.05) is 19.5 Å². The molecular formula is C16H31ClN2O. The van der Waals surface area contributed by atoms with E-state index in [0.717, 1.165) is 31.8 Å². The predicted molar refractivity (Wildman–Crippen MR) is 86.0 cm³/mol. The van der Waals surface area contributed by atoms with Gasteiger partial charge in [0.1, 0.15) is 0 Å². The van der Waals surface area contributed by atoms with E-state index in [1.54, 1.807) is 0 Å². The van der Waals surface area contributed by atoms with Crippen LogP contribution in [-0.2, 0) is 4.79 Å². The van der Waals surface area contributed by atoms with Crippen molar-refractivity contribution in [3.05, 3.63) is 0 Å². The number of rotatable bonds is 4. The largest absolute Gasteiger partial charge is 0.342 e. The zero-order valence-corrected chi connectivity index (χ0v) is 13.7. The number of hydrogen-bond donors (Lipinski definition) is 1. The van der Waals surface area contributed by atoms with Gasteiger partial charge in [0.05, 0.1) is 0 Å². The highest BCUT2D eigenvalue weighted by molar-refractivity contribution is 5.85. The van der Waals surface area contributed by atoms with E-state index in [2.05, 4.69) is 11.8 Å². The number of likely N-dealkylation sites (tertiary alicyclic amines) is 1. The van der Waals surface area contributed by atoms with Crippen molar-refractivity contribution in [3.63, 3.8) is 0 Å². The minimum absolute atomic E-state index is 0. The zero-order chi connectivity index (χ0) is 13.7. The fourth-order valence-electron chi connectivity index (χ4n) is 3.81. The molecule has 1 unspecified atom stereocenters. The highest BCUT2D eigenvalue weighted by atomic mass is 35.5. The SMILES string of the molecule is CCC1CCCN(C(=O)CC2(CN)CCCCC2)C1.Cl. The average molecular weight is 303 g/mol. The lowest BCUT2D eigenvalue weighted by Gasteiger charge is -2.39. The Morgan fingerprint density at radius 1 is 1.25 bits per heavy atom. The predicted octanol–water partition coefficient (Wildman–Crippen LogP) is 3.36. The molecule has 2 aliphatic rings. The highest BCUT2D eigenvalue weighted by Crippen LogP contribution is 2.39. The van der Waals surface area contributed by atoms with Crippen molar-refractivity contribution < 1.29 is 4.79 Å². The maximum Gasteiger partial charge on any atom is 0.223 e. The number of amides is 1. The van der Waals surface area contributed by atoms with Crippen molar-refractivity contribution in [1.82, 2.24) is 4.90 Å². The lowest BCUT2D eigenvalue weighted by molar-refractivity contribution is -0.136. The number of carbonyl (C=O) groups is 1. The van der Waals surface area contributed by atoms with Gasteiger partial charge in [0.25, 0.3) is 0 Å². The summed E-state index contributed by atoms with van der Waals surface area (Å²) in [4.78, 5) is 14.7. The number of nitrogens with two attached hydrogens (primary N) is 1. The summed E-state index contributed by atoms with van der Waals surface area (Å²) in [5.41, 5.74) is 6.12. The Labute approximate surface area is 130 Å². The fraction of sp³-hybridized carbons (Fsp3) is 0.938. The van der Waals surface area contributed by atoms with Crippen molar-refractivity contribution in [1.29, 1.82) is 0 Å². The van der Waals surface area contributed by atoms with Crippen LogP contribution in [0.5, 0.6) is 0 Å². The van der Waals surface area contributed by atoms with E-state index in [0.29, 0.717) is 18.9 Å². The third kappa shape index (κ3) is 4.36. The molecule has 2 N–H and O–H groups in total. The van der Waals surface area contributed by atoms with Gasteiger partial charge in [0.15, 0.2) is 0 Å². The maximum absolute atomic E-state index is 12.6. The second-order valence-electron chi connectivity index (χ2n) is 6.70. The lowest BCUT2D eigenvalue weighted by atomic mass is 9.71. The molecule has 0 aromatic carbocycles. The smallest absolute Gasteiger partial charge is 0.223 e. The minimum atomic E-state index is 0. The first-order valence-electron chi connectivity index (χ1n) is 8.17. The number of piperidine rings is 1. The summed E-state index contributed by atoms with van der Waals surface area (Å²) in [5, 5.41) is 0. The first-order valence-corrected chi connectivity index (χ1v) is 8.17. The van der Waals surface area contributed by atoms with Crippen molar-refractivity contribution in [2.75, 3.05) is 19.6 Å². The Bertz CT molecular complexity index is 303. The summed E-state index contributed by atoms with van der Waals surface area (Å²) < 4.78 is 0. The third-order valence-electron chi connectivity index (χ3n) is 5.32. The van der Waals surface area contributed by atoms with Crippen LogP contribution in [-0.4, -0.2) is 30.4 Å². The molecule has 20 heavy (non-hydrogen) atoms. The molecule has 118 valence electrons. The number of hydrogen-bond acceptors (Lipinski definition) is 2. The van der Waals surface area contributed by atoms with Crippen molar-refractivity contribution in [3.8, 4) is 0 Å². The molecule has 1 amide bonds. The van der Waals surface area contributed by atoms with Crippen LogP contribution in [0.1, 0.15) is 64.7 Å². The highest BCUT2D eigenvalue weighted by Gasteiger charge is 2.35. The van der Waals surface area contributed by atoms with Gasteiger partial charge in [-0.2, -0.15) is 0 Å². The molecule has 1 saturated carbocycles. The molecule has 0 spiro atoms. The van der Waals surface area contributed by atoms with Gasteiger partial charge in [-0.25, -0.2) is 0 Å². The molecule has 3 nitrogen and oxygen atoms in total. The van der Waals surface area contributed by atoms with E-state index in [4.69, 9.17) is 5.73 Å². The molecule has 0 bridgehead atoms. The molecule has 1 saturated heterocycles. The van der Waals surface area contributed by atoms with Crippen LogP contribution in [0.25, 0.3) is 0 Å². The molecule has 0 aromatic heterocycles. The van der Waals surface area contributed by atoms with Gasteiger partial charge in [0.2, 0.25) is 5.91 Å². The van der Waals surface area contributed by atoms with E-state index in [1.807, 2.05) is 0 Å². The number of halogens is 1. The first kappa shape index (κ1) is 17.8. The molecule has 1 atom stereocenters. The topological polar surface area (TPSA) is 46.3 Å². The third-order valence-corrected chi connectivity index (χ3v) is 5.32. The molecule has 0 aromatic rings. The summed E-state index contributed by atoms with van der Waals surface area (Å²) in [6, 6.07) is 0. The molecular weight excluding hydrogens is 272 g/mol. The van der Waals surface area contributed by atoms with Gasteiger partial charge >= 0.3 is 0 Å². The maximum atomic E-state index is 12.6. The summed E-state index contributed by atoms with van der Waals surface area (Å²) in [6.45, 7) is 4.87. The molecule has 4 heteroatoms. The van der Waals surface area contributed by atoms with Crippen LogP contribution >= 0.6 is 12.4 Å². The Hall–Kier alpha value is -0.280. The van der Waals surface area contributed by atoms with Crippen LogP contribution in [0.3, 0.4) is 0 Å². The molecule has 2 rings (SSSR count). The summed E-state index contributed by atoms with van der Waals surface area (Å²) in [7, 11) is 0. The second-order valence-corrected chi connectivity index (χ2v) is 6.70. The summed E-state index contributed by atoms with van der Waals surface area (Å²) in [5.74, 6) is 1.09. The molecule has 1 heterocycles. The number of carbonyl (C=O) groups excluding carboxylic acids is 1. The fourth-order valence-corrected chi connectivity index (χ4v) is 3.81. The van der Waals surface area contributed by atoms with Crippen LogP contribution < -0.4 is 5.73 Å². The van der Waals surface area contributed by atoms with Crippen molar-refractivity contribution in [2.45, 2.75) is 64.7 Å². The number of nitrogens with zero attached hydrogens (tertiary/aromatic N) is 1.